The van der Waals surface area contributed by atoms with Crippen LogP contribution in [0.4, 0.5) is 0 Å². The number of benzene rings is 2. The quantitative estimate of drug-likeness (QED) is 0.297. The second-order valence-electron chi connectivity index (χ2n) is 8.86. The Bertz CT molecular complexity index is 969. The lowest BCUT2D eigenvalue weighted by Crippen LogP contribution is -2.36. The van der Waals surface area contributed by atoms with Gasteiger partial charge in [-0.1, -0.05) is 76.2 Å². The van der Waals surface area contributed by atoms with E-state index in [1.54, 1.807) is 24.3 Å². The van der Waals surface area contributed by atoms with Crippen molar-refractivity contribution in [1.82, 2.24) is 4.90 Å². The summed E-state index contributed by atoms with van der Waals surface area (Å²) in [6.45, 7) is 8.00. The average Bonchev–Trinajstić information content (AvgIpc) is 2.77. The molecule has 7 nitrogen and oxygen atoms in total. The van der Waals surface area contributed by atoms with Gasteiger partial charge in [0, 0.05) is 11.1 Å². The van der Waals surface area contributed by atoms with Crippen molar-refractivity contribution in [1.29, 1.82) is 0 Å². The van der Waals surface area contributed by atoms with Crippen LogP contribution in [-0.4, -0.2) is 54.7 Å². The van der Waals surface area contributed by atoms with Gasteiger partial charge < -0.3 is 9.46 Å². The zero-order valence-corrected chi connectivity index (χ0v) is 21.7. The number of carbonyl (C=O) groups excluding carboxylic acids is 2. The molecule has 0 unspecified atom stereocenters. The molecule has 2 N–H and O–H groups in total. The van der Waals surface area contributed by atoms with E-state index in [2.05, 4.69) is 0 Å². The Hall–Kier alpha value is -2.76. The Kier molecular flexibility index (Phi) is 10.2. The van der Waals surface area contributed by atoms with Gasteiger partial charge in [-0.3, -0.25) is 24.8 Å². The lowest BCUT2D eigenvalue weighted by Gasteiger charge is -2.20. The smallest absolute Gasteiger partial charge is 0.344 e. The maximum atomic E-state index is 12.4. The minimum atomic E-state index is -4.92. The van der Waals surface area contributed by atoms with Crippen molar-refractivity contribution in [2.75, 3.05) is 28.2 Å². The maximum absolute atomic E-state index is 12.4. The highest BCUT2D eigenvalue weighted by Gasteiger charge is 2.30. The van der Waals surface area contributed by atoms with E-state index in [9.17, 15) is 19.0 Å². The van der Waals surface area contributed by atoms with Gasteiger partial charge in [-0.05, 0) is 23.0 Å². The van der Waals surface area contributed by atoms with E-state index < -0.39 is 18.4 Å². The van der Waals surface area contributed by atoms with Gasteiger partial charge >= 0.3 is 5.96 Å². The van der Waals surface area contributed by atoms with Crippen molar-refractivity contribution >= 4 is 24.4 Å². The van der Waals surface area contributed by atoms with Crippen LogP contribution in [0.2, 0.25) is 0 Å². The Balaban J connectivity index is 0.000000582. The fourth-order valence-corrected chi connectivity index (χ4v) is 4.02. The van der Waals surface area contributed by atoms with Gasteiger partial charge in [-0.15, -0.1) is 0 Å². The minimum absolute atomic E-state index is 0.00915. The van der Waals surface area contributed by atoms with E-state index in [4.69, 9.17) is 5.73 Å². The Morgan fingerprint density at radius 1 is 0.818 bits per heavy atom. The first kappa shape index (κ1) is 28.3. The maximum Gasteiger partial charge on any atom is 0.344 e. The van der Waals surface area contributed by atoms with E-state index in [1.165, 1.54) is 24.3 Å². The van der Waals surface area contributed by atoms with E-state index >= 15 is 0 Å². The second-order valence-corrected chi connectivity index (χ2v) is 10.8. The summed E-state index contributed by atoms with van der Waals surface area (Å²) in [5, 5.41) is 0. The molecule has 0 spiro atoms. The molecule has 0 aliphatic carbocycles. The Morgan fingerprint density at radius 2 is 1.12 bits per heavy atom. The van der Waals surface area contributed by atoms with Crippen molar-refractivity contribution in [2.24, 2.45) is 5.73 Å². The number of hydrogen-bond acceptors (Lipinski definition) is 4. The van der Waals surface area contributed by atoms with Crippen molar-refractivity contribution in [3.8, 4) is 0 Å². The number of rotatable bonds is 6. The number of carbonyl (C=O) groups is 2. The SMILES string of the molecule is CC(C)c1ccc(C(=O)P(=O)([O-])C(=O)c2ccc(C(C)C)cc2)cc1.CN(C)C(N)=[N+](C)C. The highest BCUT2D eigenvalue weighted by atomic mass is 31.2. The molecule has 0 atom stereocenters. The summed E-state index contributed by atoms with van der Waals surface area (Å²) in [5.74, 6) is 1.30. The summed E-state index contributed by atoms with van der Waals surface area (Å²) in [6.07, 6.45) is 0. The molecule has 0 aliphatic heterocycles. The van der Waals surface area contributed by atoms with E-state index in [-0.39, 0.29) is 23.0 Å². The average molecular weight is 474 g/mol. The second kappa shape index (κ2) is 11.9. The summed E-state index contributed by atoms with van der Waals surface area (Å²) in [7, 11) is 2.72. The minimum Gasteiger partial charge on any atom is -0.788 e. The number of nitrogens with zero attached hydrogens (tertiary/aromatic N) is 2. The van der Waals surface area contributed by atoms with Crippen LogP contribution in [0.25, 0.3) is 0 Å². The summed E-state index contributed by atoms with van der Waals surface area (Å²) in [5.41, 5.74) is 5.26. The van der Waals surface area contributed by atoms with Crippen molar-refractivity contribution in [2.45, 2.75) is 39.5 Å². The van der Waals surface area contributed by atoms with Crippen molar-refractivity contribution in [3.05, 3.63) is 70.8 Å². The molecule has 0 aromatic heterocycles. The molecule has 0 amide bonds. The molecule has 0 aliphatic rings. The third kappa shape index (κ3) is 7.65. The van der Waals surface area contributed by atoms with Crippen LogP contribution in [0, 0.1) is 0 Å². The Morgan fingerprint density at radius 3 is 1.30 bits per heavy atom. The molecule has 0 heterocycles. The first-order valence-corrected chi connectivity index (χ1v) is 12.4. The van der Waals surface area contributed by atoms with Crippen LogP contribution in [0.5, 0.6) is 0 Å². The van der Waals surface area contributed by atoms with Gasteiger partial charge in [-0.25, -0.2) is 0 Å². The van der Waals surface area contributed by atoms with Crippen LogP contribution in [-0.2, 0) is 4.57 Å². The van der Waals surface area contributed by atoms with Gasteiger partial charge in [0.15, 0.2) is 7.37 Å². The van der Waals surface area contributed by atoms with Crippen LogP contribution < -0.4 is 10.6 Å². The Labute approximate surface area is 197 Å². The highest BCUT2D eigenvalue weighted by molar-refractivity contribution is 7.89. The standard InChI is InChI=1S/C20H23O4P.C5H13N3/c1-13(2)15-5-9-17(10-6-15)19(21)25(23,24)20(22)18-11-7-16(8-12-18)14(3)4;1-7(2)5(6)8(3)4/h5-14H,1-4H3,(H,23,24);6H,1-4H3. The molecule has 0 saturated carbocycles. The molecule has 0 saturated heterocycles. The monoisotopic (exact) mass is 473 g/mol. The molecule has 8 heteroatoms. The summed E-state index contributed by atoms with van der Waals surface area (Å²) in [4.78, 5) is 38.9. The molecule has 0 bridgehead atoms. The topological polar surface area (TPSA) is 107 Å². The van der Waals surface area contributed by atoms with Crippen LogP contribution in [0.3, 0.4) is 0 Å². The molecule has 2 rings (SSSR count). The van der Waals surface area contributed by atoms with E-state index in [0.29, 0.717) is 0 Å². The fourth-order valence-electron chi connectivity index (χ4n) is 2.85. The predicted octanol–water partition coefficient (Wildman–Crippen LogP) is 3.69. The molecular weight excluding hydrogens is 437 g/mol. The number of guanidine groups is 1. The van der Waals surface area contributed by atoms with E-state index in [1.807, 2.05) is 65.4 Å². The molecule has 2 aromatic rings. The molecule has 33 heavy (non-hydrogen) atoms. The molecule has 0 radical (unpaired) electrons. The highest BCUT2D eigenvalue weighted by Crippen LogP contribution is 2.43. The zero-order valence-electron chi connectivity index (χ0n) is 20.8. The molecule has 2 aromatic carbocycles. The largest absolute Gasteiger partial charge is 0.788 e. The first-order chi connectivity index (χ1) is 15.2. The van der Waals surface area contributed by atoms with Crippen LogP contribution in [0.15, 0.2) is 48.5 Å². The molecule has 180 valence electrons. The van der Waals surface area contributed by atoms with Gasteiger partial charge in [-0.2, -0.15) is 0 Å². The molecule has 0 fully saturated rings. The predicted molar refractivity (Wildman–Crippen MR) is 132 cm³/mol. The van der Waals surface area contributed by atoms with Crippen LogP contribution in [0.1, 0.15) is 71.4 Å². The normalized spacial score (nSPS) is 11.0. The summed E-state index contributed by atoms with van der Waals surface area (Å²) in [6, 6.07) is 12.7. The number of hydrogen-bond donors (Lipinski definition) is 1. The van der Waals surface area contributed by atoms with Gasteiger partial charge in [0.25, 0.3) is 0 Å². The first-order valence-electron chi connectivity index (χ1n) is 10.8. The summed E-state index contributed by atoms with van der Waals surface area (Å²) < 4.78 is 14.3. The zero-order chi connectivity index (χ0) is 25.5. The third-order valence-electron chi connectivity index (χ3n) is 5.10. The number of nitrogens with two attached hydrogens (primary N) is 1. The van der Waals surface area contributed by atoms with Gasteiger partial charge in [0.05, 0.1) is 28.2 Å². The van der Waals surface area contributed by atoms with Crippen molar-refractivity contribution in [3.63, 3.8) is 0 Å². The van der Waals surface area contributed by atoms with Gasteiger partial charge in [0.1, 0.15) is 0 Å². The van der Waals surface area contributed by atoms with Crippen molar-refractivity contribution < 1.29 is 23.6 Å². The lowest BCUT2D eigenvalue weighted by atomic mass is 10.0. The third-order valence-corrected chi connectivity index (χ3v) is 6.69. The fraction of sp³-hybridized carbons (Fsp3) is 0.400. The van der Waals surface area contributed by atoms with Crippen LogP contribution >= 0.6 is 7.37 Å². The van der Waals surface area contributed by atoms with Gasteiger partial charge in [0.2, 0.25) is 11.0 Å². The lowest BCUT2D eigenvalue weighted by molar-refractivity contribution is -0.470. The molecular formula is C25H36N3O4P. The summed E-state index contributed by atoms with van der Waals surface area (Å²) >= 11 is 0. The van der Waals surface area contributed by atoms with E-state index in [0.717, 1.165) is 17.1 Å².